The topological polar surface area (TPSA) is 71.4 Å². The minimum atomic E-state index is 0.582. The van der Waals surface area contributed by atoms with Gasteiger partial charge in [0.2, 0.25) is 5.88 Å². The summed E-state index contributed by atoms with van der Waals surface area (Å²) in [6, 6.07) is 3.96. The van der Waals surface area contributed by atoms with E-state index < -0.39 is 0 Å². The summed E-state index contributed by atoms with van der Waals surface area (Å²) in [5.74, 6) is 2.22. The molecule has 0 atom stereocenters. The van der Waals surface area contributed by atoms with Crippen molar-refractivity contribution in [2.24, 2.45) is 10.9 Å². The molecule has 1 saturated carbocycles. The number of guanidine groups is 1. The van der Waals surface area contributed by atoms with Gasteiger partial charge in [0.05, 0.1) is 30.4 Å². The van der Waals surface area contributed by atoms with Gasteiger partial charge >= 0.3 is 0 Å². The van der Waals surface area contributed by atoms with Crippen LogP contribution in [-0.2, 0) is 13.1 Å². The smallest absolute Gasteiger partial charge is 0.213 e. The fourth-order valence-corrected chi connectivity index (χ4v) is 3.41. The summed E-state index contributed by atoms with van der Waals surface area (Å²) in [5, 5.41) is 7.77. The number of rotatable bonds is 8. The third-order valence-corrected chi connectivity index (χ3v) is 5.22. The fraction of sp³-hybridized carbons (Fsp3) is 0.526. The molecule has 3 rings (SSSR count). The van der Waals surface area contributed by atoms with Crippen molar-refractivity contribution in [3.05, 3.63) is 39.5 Å². The first-order valence-corrected chi connectivity index (χ1v) is 9.98. The molecule has 0 amide bonds. The van der Waals surface area contributed by atoms with E-state index in [1.54, 1.807) is 17.5 Å². The van der Waals surface area contributed by atoms with Crippen LogP contribution in [0.15, 0.2) is 23.3 Å². The summed E-state index contributed by atoms with van der Waals surface area (Å²) in [7, 11) is 0. The summed E-state index contributed by atoms with van der Waals surface area (Å²) in [5.41, 5.74) is 2.18. The Hall–Kier alpha value is -2.15. The monoisotopic (exact) mass is 373 g/mol. The molecular formula is C19H27N5OS. The lowest BCUT2D eigenvalue weighted by atomic mass is 10.3. The summed E-state index contributed by atoms with van der Waals surface area (Å²) in [6.07, 6.45) is 4.35. The van der Waals surface area contributed by atoms with E-state index in [4.69, 9.17) is 4.74 Å². The Morgan fingerprint density at radius 3 is 2.88 bits per heavy atom. The predicted molar refractivity (Wildman–Crippen MR) is 106 cm³/mol. The molecule has 26 heavy (non-hydrogen) atoms. The largest absolute Gasteiger partial charge is 0.477 e. The molecule has 1 aliphatic carbocycles. The highest BCUT2D eigenvalue weighted by molar-refractivity contribution is 7.11. The quantitative estimate of drug-likeness (QED) is 0.549. The molecule has 0 aromatic carbocycles. The Balaban J connectivity index is 1.57. The SMILES string of the molecule is CCNC(=NCc1ccnc(OCC2CC2)c1)NCc1sc(C)nc1C. The van der Waals surface area contributed by atoms with Gasteiger partial charge in [-0.3, -0.25) is 0 Å². The van der Waals surface area contributed by atoms with Crippen molar-refractivity contribution in [1.82, 2.24) is 20.6 Å². The summed E-state index contributed by atoms with van der Waals surface area (Å²) in [4.78, 5) is 14.7. The van der Waals surface area contributed by atoms with E-state index in [1.807, 2.05) is 26.0 Å². The Morgan fingerprint density at radius 2 is 2.19 bits per heavy atom. The van der Waals surface area contributed by atoms with Crippen molar-refractivity contribution in [2.75, 3.05) is 13.2 Å². The van der Waals surface area contributed by atoms with Crippen LogP contribution in [0.2, 0.25) is 0 Å². The molecule has 0 spiro atoms. The summed E-state index contributed by atoms with van der Waals surface area (Å²) < 4.78 is 5.75. The van der Waals surface area contributed by atoms with Crippen molar-refractivity contribution < 1.29 is 4.74 Å². The second kappa shape index (κ2) is 8.98. The first kappa shape index (κ1) is 18.6. The Labute approximate surface area is 159 Å². The third-order valence-electron chi connectivity index (χ3n) is 4.14. The molecule has 1 fully saturated rings. The number of nitrogens with zero attached hydrogens (tertiary/aromatic N) is 3. The molecule has 0 bridgehead atoms. The van der Waals surface area contributed by atoms with Crippen LogP contribution >= 0.6 is 11.3 Å². The lowest BCUT2D eigenvalue weighted by molar-refractivity contribution is 0.288. The van der Waals surface area contributed by atoms with Crippen LogP contribution in [-0.4, -0.2) is 29.1 Å². The normalized spacial score (nSPS) is 14.3. The van der Waals surface area contributed by atoms with Gasteiger partial charge in [0.15, 0.2) is 5.96 Å². The molecule has 1 aliphatic rings. The first-order valence-electron chi connectivity index (χ1n) is 9.17. The molecular weight excluding hydrogens is 346 g/mol. The molecule has 2 N–H and O–H groups in total. The minimum absolute atomic E-state index is 0.582. The van der Waals surface area contributed by atoms with Crippen LogP contribution in [0.25, 0.3) is 0 Å². The van der Waals surface area contributed by atoms with Gasteiger partial charge in [-0.15, -0.1) is 11.3 Å². The van der Waals surface area contributed by atoms with Gasteiger partial charge in [0.1, 0.15) is 0 Å². The maximum Gasteiger partial charge on any atom is 0.213 e. The van der Waals surface area contributed by atoms with E-state index in [1.165, 1.54) is 17.7 Å². The third kappa shape index (κ3) is 5.69. The van der Waals surface area contributed by atoms with Crippen molar-refractivity contribution in [2.45, 2.75) is 46.7 Å². The number of aromatic nitrogens is 2. The number of hydrogen-bond donors (Lipinski definition) is 2. The van der Waals surface area contributed by atoms with Crippen LogP contribution in [0.1, 0.15) is 40.9 Å². The zero-order valence-corrected chi connectivity index (χ0v) is 16.5. The van der Waals surface area contributed by atoms with Crippen LogP contribution in [0.4, 0.5) is 0 Å². The maximum absolute atomic E-state index is 5.75. The van der Waals surface area contributed by atoms with Gasteiger partial charge in [-0.2, -0.15) is 0 Å². The van der Waals surface area contributed by atoms with E-state index in [0.717, 1.165) is 47.8 Å². The molecule has 0 unspecified atom stereocenters. The lowest BCUT2D eigenvalue weighted by Gasteiger charge is -2.11. The van der Waals surface area contributed by atoms with Gasteiger partial charge in [0, 0.05) is 23.7 Å². The number of aryl methyl sites for hydroxylation is 2. The second-order valence-electron chi connectivity index (χ2n) is 6.55. The van der Waals surface area contributed by atoms with Crippen molar-refractivity contribution >= 4 is 17.3 Å². The van der Waals surface area contributed by atoms with Gasteiger partial charge in [-0.05, 0) is 51.2 Å². The predicted octanol–water partition coefficient (Wildman–Crippen LogP) is 3.20. The number of hydrogen-bond acceptors (Lipinski definition) is 5. The van der Waals surface area contributed by atoms with Crippen LogP contribution in [0.5, 0.6) is 5.88 Å². The minimum Gasteiger partial charge on any atom is -0.477 e. The highest BCUT2D eigenvalue weighted by Gasteiger charge is 2.22. The van der Waals surface area contributed by atoms with Crippen LogP contribution in [0, 0.1) is 19.8 Å². The molecule has 7 heteroatoms. The van der Waals surface area contributed by atoms with E-state index in [2.05, 4.69) is 32.5 Å². The van der Waals surface area contributed by atoms with Gasteiger partial charge in [-0.1, -0.05) is 0 Å². The number of aliphatic imine (C=N–C) groups is 1. The summed E-state index contributed by atoms with van der Waals surface area (Å²) in [6.45, 7) is 9.05. The molecule has 2 aromatic heterocycles. The molecule has 2 heterocycles. The van der Waals surface area contributed by atoms with E-state index in [0.29, 0.717) is 12.4 Å². The highest BCUT2D eigenvalue weighted by atomic mass is 32.1. The standard InChI is InChI=1S/C19H27N5OS/c1-4-20-19(23-11-17-13(2)24-14(3)26-17)22-10-16-7-8-21-18(9-16)25-12-15-5-6-15/h7-9,15H,4-6,10-12H2,1-3H3,(H2,20,22,23). The van der Waals surface area contributed by atoms with Gasteiger partial charge in [0.25, 0.3) is 0 Å². The van der Waals surface area contributed by atoms with Crippen LogP contribution < -0.4 is 15.4 Å². The molecule has 2 aromatic rings. The van der Waals surface area contributed by atoms with Crippen LogP contribution in [0.3, 0.4) is 0 Å². The second-order valence-corrected chi connectivity index (χ2v) is 7.83. The zero-order valence-electron chi connectivity index (χ0n) is 15.7. The number of ether oxygens (including phenoxy) is 1. The summed E-state index contributed by atoms with van der Waals surface area (Å²) >= 11 is 1.72. The first-order chi connectivity index (χ1) is 12.6. The molecule has 0 saturated heterocycles. The number of nitrogens with one attached hydrogen (secondary N) is 2. The molecule has 140 valence electrons. The van der Waals surface area contributed by atoms with Crippen molar-refractivity contribution in [1.29, 1.82) is 0 Å². The number of pyridine rings is 1. The Bertz CT molecular complexity index is 754. The fourth-order valence-electron chi connectivity index (χ4n) is 2.53. The molecule has 0 aliphatic heterocycles. The highest BCUT2D eigenvalue weighted by Crippen LogP contribution is 2.29. The maximum atomic E-state index is 5.75. The lowest BCUT2D eigenvalue weighted by Crippen LogP contribution is -2.36. The van der Waals surface area contributed by atoms with Gasteiger partial charge < -0.3 is 15.4 Å². The Kier molecular flexibility index (Phi) is 6.44. The average molecular weight is 374 g/mol. The average Bonchev–Trinajstić information content (AvgIpc) is 3.40. The Morgan fingerprint density at radius 1 is 1.35 bits per heavy atom. The zero-order chi connectivity index (χ0) is 18.4. The van der Waals surface area contributed by atoms with E-state index in [9.17, 15) is 0 Å². The molecule has 6 nitrogen and oxygen atoms in total. The van der Waals surface area contributed by atoms with E-state index in [-0.39, 0.29) is 0 Å². The number of thiazole rings is 1. The molecule has 0 radical (unpaired) electrons. The van der Waals surface area contributed by atoms with E-state index >= 15 is 0 Å². The van der Waals surface area contributed by atoms with Gasteiger partial charge in [-0.25, -0.2) is 15.0 Å². The van der Waals surface area contributed by atoms with Crippen molar-refractivity contribution in [3.63, 3.8) is 0 Å². The van der Waals surface area contributed by atoms with Crippen molar-refractivity contribution in [3.8, 4) is 5.88 Å².